The number of hydrogen-bond acceptors (Lipinski definition) is 3. The lowest BCUT2D eigenvalue weighted by Crippen LogP contribution is -2.58. The molecule has 1 aliphatic carbocycles. The van der Waals surface area contributed by atoms with Crippen LogP contribution in [0.3, 0.4) is 0 Å². The molecule has 1 aliphatic rings. The van der Waals surface area contributed by atoms with Gasteiger partial charge in [-0.05, 0) is 33.6 Å². The summed E-state index contributed by atoms with van der Waals surface area (Å²) < 4.78 is 0. The van der Waals surface area contributed by atoms with Crippen LogP contribution in [0.15, 0.2) is 6.20 Å². The topological polar surface area (TPSA) is 61.0 Å². The fourth-order valence-corrected chi connectivity index (χ4v) is 3.25. The van der Waals surface area contributed by atoms with Crippen molar-refractivity contribution in [3.63, 3.8) is 0 Å². The lowest BCUT2D eigenvalue weighted by molar-refractivity contribution is -0.139. The van der Waals surface area contributed by atoms with Crippen molar-refractivity contribution in [3.8, 4) is 0 Å². The molecule has 5 nitrogen and oxygen atoms in total. The molecule has 1 amide bonds. The third-order valence-electron chi connectivity index (χ3n) is 4.72. The van der Waals surface area contributed by atoms with Gasteiger partial charge in [0.25, 0.3) is 0 Å². The summed E-state index contributed by atoms with van der Waals surface area (Å²) in [7, 11) is 0. The molecular weight excluding hydrogens is 264 g/mol. The number of rotatable bonds is 6. The number of nitrogens with zero attached hydrogens (tertiary/aromatic N) is 2. The molecule has 21 heavy (non-hydrogen) atoms. The van der Waals surface area contributed by atoms with E-state index in [1.165, 1.54) is 6.42 Å². The van der Waals surface area contributed by atoms with Crippen LogP contribution >= 0.6 is 0 Å². The van der Waals surface area contributed by atoms with E-state index in [1.54, 1.807) is 0 Å². The van der Waals surface area contributed by atoms with Gasteiger partial charge in [-0.1, -0.05) is 19.3 Å². The molecule has 2 rings (SSSR count). The molecule has 1 aromatic heterocycles. The third kappa shape index (κ3) is 3.46. The highest BCUT2D eigenvalue weighted by Gasteiger charge is 2.41. The summed E-state index contributed by atoms with van der Waals surface area (Å²) in [6.45, 7) is 8.39. The fourth-order valence-electron chi connectivity index (χ4n) is 3.25. The first-order valence-electron chi connectivity index (χ1n) is 8.16. The summed E-state index contributed by atoms with van der Waals surface area (Å²) in [5.41, 5.74) is 1.84. The van der Waals surface area contributed by atoms with Gasteiger partial charge in [0.2, 0.25) is 5.91 Å². The van der Waals surface area contributed by atoms with Crippen molar-refractivity contribution in [3.05, 3.63) is 17.5 Å². The highest BCUT2D eigenvalue weighted by Crippen LogP contribution is 2.30. The van der Waals surface area contributed by atoms with E-state index in [0.29, 0.717) is 6.54 Å². The number of aromatic amines is 1. The Morgan fingerprint density at radius 2 is 2.00 bits per heavy atom. The number of carbonyl (C=O) groups is 1. The van der Waals surface area contributed by atoms with Crippen molar-refractivity contribution >= 4 is 5.91 Å². The zero-order valence-electron chi connectivity index (χ0n) is 13.5. The van der Waals surface area contributed by atoms with Crippen LogP contribution in [-0.4, -0.2) is 39.6 Å². The Morgan fingerprint density at radius 1 is 1.33 bits per heavy atom. The number of H-pyrrole nitrogens is 1. The van der Waals surface area contributed by atoms with Crippen LogP contribution in [0.2, 0.25) is 0 Å². The van der Waals surface area contributed by atoms with Crippen LogP contribution in [0.4, 0.5) is 0 Å². The molecule has 0 bridgehead atoms. The van der Waals surface area contributed by atoms with Crippen molar-refractivity contribution < 1.29 is 4.79 Å². The third-order valence-corrected chi connectivity index (χ3v) is 4.72. The summed E-state index contributed by atoms with van der Waals surface area (Å²) in [5, 5.41) is 10.6. The second-order valence-electron chi connectivity index (χ2n) is 5.99. The summed E-state index contributed by atoms with van der Waals surface area (Å²) in [4.78, 5) is 14.9. The van der Waals surface area contributed by atoms with Crippen molar-refractivity contribution in [1.29, 1.82) is 0 Å². The molecule has 0 unspecified atom stereocenters. The lowest BCUT2D eigenvalue weighted by atomic mass is 9.80. The molecule has 1 heterocycles. The molecule has 0 spiro atoms. The molecule has 0 aromatic carbocycles. The normalized spacial score (nSPS) is 17.7. The minimum absolute atomic E-state index is 0.272. The Bertz CT molecular complexity index is 459. The zero-order valence-corrected chi connectivity index (χ0v) is 13.5. The second-order valence-corrected chi connectivity index (χ2v) is 5.99. The van der Waals surface area contributed by atoms with Gasteiger partial charge in [-0.15, -0.1) is 0 Å². The highest BCUT2D eigenvalue weighted by atomic mass is 16.2. The number of aryl methyl sites for hydroxylation is 1. The molecule has 0 atom stereocenters. The molecule has 1 aromatic rings. The van der Waals surface area contributed by atoms with Crippen LogP contribution < -0.4 is 5.32 Å². The van der Waals surface area contributed by atoms with Crippen LogP contribution in [0.25, 0.3) is 0 Å². The van der Waals surface area contributed by atoms with E-state index in [4.69, 9.17) is 0 Å². The number of amides is 1. The van der Waals surface area contributed by atoms with Crippen LogP contribution in [0.1, 0.15) is 57.2 Å². The number of hydrogen-bond donors (Lipinski definition) is 2. The maximum atomic E-state index is 13.0. The summed E-state index contributed by atoms with van der Waals surface area (Å²) in [5.74, 6) is 0.272. The van der Waals surface area contributed by atoms with Gasteiger partial charge in [0.1, 0.15) is 0 Å². The number of likely N-dealkylation sites (N-methyl/N-ethyl adjacent to an activating group) is 1. The quantitative estimate of drug-likeness (QED) is 0.846. The van der Waals surface area contributed by atoms with Gasteiger partial charge in [-0.25, -0.2) is 0 Å². The monoisotopic (exact) mass is 292 g/mol. The van der Waals surface area contributed by atoms with Gasteiger partial charge in [0, 0.05) is 30.9 Å². The summed E-state index contributed by atoms with van der Waals surface area (Å²) in [6.07, 6.45) is 7.23. The van der Waals surface area contributed by atoms with E-state index in [1.807, 2.05) is 18.0 Å². The Hall–Kier alpha value is -1.36. The summed E-state index contributed by atoms with van der Waals surface area (Å²) in [6, 6.07) is 0. The van der Waals surface area contributed by atoms with Gasteiger partial charge >= 0.3 is 0 Å². The first-order chi connectivity index (χ1) is 10.1. The van der Waals surface area contributed by atoms with Gasteiger partial charge < -0.3 is 4.90 Å². The maximum absolute atomic E-state index is 13.0. The smallest absolute Gasteiger partial charge is 0.242 e. The zero-order chi connectivity index (χ0) is 15.3. The van der Waals surface area contributed by atoms with Crippen LogP contribution in [0, 0.1) is 6.92 Å². The Kier molecular flexibility index (Phi) is 5.39. The minimum Gasteiger partial charge on any atom is -0.342 e. The van der Waals surface area contributed by atoms with Gasteiger partial charge in [0.05, 0.1) is 11.7 Å². The predicted molar refractivity (Wildman–Crippen MR) is 83.9 cm³/mol. The number of carbonyl (C=O) groups excluding carboxylic acids is 1. The van der Waals surface area contributed by atoms with Gasteiger partial charge in [-0.2, -0.15) is 5.10 Å². The number of aromatic nitrogens is 2. The average Bonchev–Trinajstić information content (AvgIpc) is 2.92. The first-order valence-corrected chi connectivity index (χ1v) is 8.16. The first kappa shape index (κ1) is 16.0. The maximum Gasteiger partial charge on any atom is 0.242 e. The Morgan fingerprint density at radius 3 is 2.52 bits per heavy atom. The molecular formula is C16H28N4O. The van der Waals surface area contributed by atoms with E-state index in [9.17, 15) is 4.79 Å². The van der Waals surface area contributed by atoms with E-state index in [-0.39, 0.29) is 11.4 Å². The van der Waals surface area contributed by atoms with Crippen molar-refractivity contribution in [1.82, 2.24) is 20.4 Å². The van der Waals surface area contributed by atoms with Crippen LogP contribution in [-0.2, 0) is 11.3 Å². The summed E-state index contributed by atoms with van der Waals surface area (Å²) >= 11 is 0. The van der Waals surface area contributed by atoms with E-state index in [0.717, 1.165) is 50.0 Å². The Labute approximate surface area is 127 Å². The lowest BCUT2D eigenvalue weighted by Gasteiger charge is -2.40. The van der Waals surface area contributed by atoms with Crippen LogP contribution in [0.5, 0.6) is 0 Å². The molecule has 0 aliphatic heterocycles. The highest BCUT2D eigenvalue weighted by molar-refractivity contribution is 5.86. The number of nitrogens with one attached hydrogen (secondary N) is 2. The fraction of sp³-hybridized carbons (Fsp3) is 0.750. The molecule has 118 valence electrons. The second kappa shape index (κ2) is 7.07. The van der Waals surface area contributed by atoms with Crippen molar-refractivity contribution in [2.24, 2.45) is 0 Å². The standard InChI is InChI=1S/C16H28N4O/c1-4-20(5-2)15(21)16(9-7-6-8-10-16)17-11-14-12-18-19-13(14)3/h12,17H,4-11H2,1-3H3,(H,18,19). The molecule has 0 radical (unpaired) electrons. The molecule has 5 heteroatoms. The van der Waals surface area contributed by atoms with Crippen molar-refractivity contribution in [2.75, 3.05) is 13.1 Å². The SMILES string of the molecule is CCN(CC)C(=O)C1(NCc2cn[nH]c2C)CCCCC1. The van der Waals surface area contributed by atoms with E-state index in [2.05, 4.69) is 29.4 Å². The Balaban J connectivity index is 2.13. The predicted octanol–water partition coefficient (Wildman–Crippen LogP) is 2.38. The average molecular weight is 292 g/mol. The minimum atomic E-state index is -0.381. The van der Waals surface area contributed by atoms with E-state index < -0.39 is 0 Å². The van der Waals surface area contributed by atoms with E-state index >= 15 is 0 Å². The van der Waals surface area contributed by atoms with Gasteiger partial charge in [-0.3, -0.25) is 15.2 Å². The van der Waals surface area contributed by atoms with Gasteiger partial charge in [0.15, 0.2) is 0 Å². The molecule has 1 saturated carbocycles. The molecule has 2 N–H and O–H groups in total. The molecule has 0 saturated heterocycles. The van der Waals surface area contributed by atoms with Crippen molar-refractivity contribution in [2.45, 2.75) is 65.0 Å². The largest absolute Gasteiger partial charge is 0.342 e. The molecule has 1 fully saturated rings.